The van der Waals surface area contributed by atoms with Crippen LogP contribution in [0.25, 0.3) is 0 Å². The summed E-state index contributed by atoms with van der Waals surface area (Å²) in [7, 11) is 3.65. The van der Waals surface area contributed by atoms with E-state index in [1.807, 2.05) is 11.7 Å². The topological polar surface area (TPSA) is 39.1 Å². The smallest absolute Gasteiger partial charge is 0.161 e. The molecular formula is C13H19N3OS. The molecule has 2 heterocycles. The molecule has 2 aromatic rings. The van der Waals surface area contributed by atoms with Crippen LogP contribution >= 0.6 is 11.3 Å². The van der Waals surface area contributed by atoms with Crippen molar-refractivity contribution in [3.63, 3.8) is 0 Å². The molecule has 1 N–H and O–H groups in total. The van der Waals surface area contributed by atoms with Gasteiger partial charge in [0.25, 0.3) is 0 Å². The Bertz CT molecular complexity index is 478. The zero-order valence-electron chi connectivity index (χ0n) is 11.0. The number of aromatic nitrogens is 2. The Morgan fingerprint density at radius 2 is 2.39 bits per heavy atom. The Kier molecular flexibility index (Phi) is 4.38. The average molecular weight is 265 g/mol. The van der Waals surface area contributed by atoms with Crippen molar-refractivity contribution in [2.75, 3.05) is 14.2 Å². The number of nitrogens with zero attached hydrogens (tertiary/aromatic N) is 2. The summed E-state index contributed by atoms with van der Waals surface area (Å²) in [5.41, 5.74) is 2.35. The molecule has 1 unspecified atom stereocenters. The van der Waals surface area contributed by atoms with Crippen molar-refractivity contribution in [2.45, 2.75) is 25.9 Å². The monoisotopic (exact) mass is 265 g/mol. The maximum absolute atomic E-state index is 5.43. The highest BCUT2D eigenvalue weighted by molar-refractivity contribution is 7.08. The molecule has 2 aromatic heterocycles. The van der Waals surface area contributed by atoms with Crippen molar-refractivity contribution in [3.05, 3.63) is 34.3 Å². The summed E-state index contributed by atoms with van der Waals surface area (Å²) in [5.74, 6) is 0.842. The van der Waals surface area contributed by atoms with Crippen molar-refractivity contribution in [3.8, 4) is 5.75 Å². The third kappa shape index (κ3) is 2.42. The van der Waals surface area contributed by atoms with E-state index in [1.165, 1.54) is 5.56 Å². The molecule has 0 saturated heterocycles. The number of nitrogens with one attached hydrogen (secondary N) is 1. The van der Waals surface area contributed by atoms with Gasteiger partial charge in [-0.25, -0.2) is 0 Å². The molecule has 0 aromatic carbocycles. The van der Waals surface area contributed by atoms with E-state index >= 15 is 0 Å². The summed E-state index contributed by atoms with van der Waals surface area (Å²) >= 11 is 1.70. The predicted octanol–water partition coefficient (Wildman–Crippen LogP) is 2.67. The quantitative estimate of drug-likeness (QED) is 0.873. The number of aryl methyl sites for hydroxylation is 1. The lowest BCUT2D eigenvalue weighted by molar-refractivity contribution is 0.400. The van der Waals surface area contributed by atoms with Crippen LogP contribution in [0.4, 0.5) is 0 Å². The minimum absolute atomic E-state index is 0.125. The number of rotatable bonds is 6. The van der Waals surface area contributed by atoms with Crippen LogP contribution in [0.15, 0.2) is 23.0 Å². The van der Waals surface area contributed by atoms with Crippen LogP contribution in [-0.2, 0) is 6.54 Å². The van der Waals surface area contributed by atoms with Crippen LogP contribution in [-0.4, -0.2) is 23.9 Å². The Morgan fingerprint density at radius 1 is 1.56 bits per heavy atom. The zero-order valence-corrected chi connectivity index (χ0v) is 11.8. The Hall–Kier alpha value is -1.33. The van der Waals surface area contributed by atoms with Gasteiger partial charge in [0, 0.05) is 6.54 Å². The number of methoxy groups -OCH3 is 1. The number of thiophene rings is 1. The Balaban J connectivity index is 2.42. The van der Waals surface area contributed by atoms with E-state index in [-0.39, 0.29) is 6.04 Å². The molecule has 0 spiro atoms. The molecule has 1 atom stereocenters. The van der Waals surface area contributed by atoms with E-state index in [0.717, 1.165) is 24.4 Å². The minimum atomic E-state index is 0.125. The molecule has 4 nitrogen and oxygen atoms in total. The van der Waals surface area contributed by atoms with Crippen LogP contribution in [0.1, 0.15) is 30.6 Å². The molecule has 18 heavy (non-hydrogen) atoms. The minimum Gasteiger partial charge on any atom is -0.493 e. The van der Waals surface area contributed by atoms with E-state index in [1.54, 1.807) is 24.6 Å². The molecule has 5 heteroatoms. The fraction of sp³-hybridized carbons (Fsp3) is 0.462. The maximum Gasteiger partial charge on any atom is 0.161 e. The Labute approximate surface area is 112 Å². The summed E-state index contributed by atoms with van der Waals surface area (Å²) < 4.78 is 7.46. The predicted molar refractivity (Wildman–Crippen MR) is 74.3 cm³/mol. The van der Waals surface area contributed by atoms with E-state index in [2.05, 4.69) is 34.2 Å². The second-order valence-electron chi connectivity index (χ2n) is 4.10. The van der Waals surface area contributed by atoms with Gasteiger partial charge in [-0.2, -0.15) is 16.4 Å². The molecule has 0 bridgehead atoms. The van der Waals surface area contributed by atoms with Gasteiger partial charge < -0.3 is 10.1 Å². The number of ether oxygens (including phenoxy) is 1. The summed E-state index contributed by atoms with van der Waals surface area (Å²) in [5, 5.41) is 12.0. The van der Waals surface area contributed by atoms with Crippen LogP contribution in [0, 0.1) is 0 Å². The molecule has 0 saturated carbocycles. The third-order valence-electron chi connectivity index (χ3n) is 2.94. The first-order valence-electron chi connectivity index (χ1n) is 6.10. The highest BCUT2D eigenvalue weighted by Gasteiger charge is 2.22. The van der Waals surface area contributed by atoms with Crippen molar-refractivity contribution >= 4 is 11.3 Å². The summed E-state index contributed by atoms with van der Waals surface area (Å²) in [6.45, 7) is 3.05. The van der Waals surface area contributed by atoms with Gasteiger partial charge in [0.15, 0.2) is 5.75 Å². The second-order valence-corrected chi connectivity index (χ2v) is 4.88. The van der Waals surface area contributed by atoms with E-state index in [0.29, 0.717) is 0 Å². The highest BCUT2D eigenvalue weighted by Crippen LogP contribution is 2.30. The van der Waals surface area contributed by atoms with Crippen LogP contribution in [0.5, 0.6) is 5.75 Å². The molecule has 0 aliphatic heterocycles. The highest BCUT2D eigenvalue weighted by atomic mass is 32.1. The van der Waals surface area contributed by atoms with Crippen molar-refractivity contribution in [1.29, 1.82) is 0 Å². The first kappa shape index (κ1) is 13.1. The van der Waals surface area contributed by atoms with Gasteiger partial charge in [-0.15, -0.1) is 0 Å². The lowest BCUT2D eigenvalue weighted by Crippen LogP contribution is -2.21. The molecule has 0 aliphatic rings. The van der Waals surface area contributed by atoms with Gasteiger partial charge in [0.1, 0.15) is 5.69 Å². The molecule has 0 aliphatic carbocycles. The standard InChI is InChI=1S/C13H19N3OS/c1-4-6-16-13(11(17-3)8-15-16)12(14-2)10-5-7-18-9-10/h5,7-9,12,14H,4,6H2,1-3H3. The zero-order chi connectivity index (χ0) is 13.0. The van der Waals surface area contributed by atoms with E-state index in [9.17, 15) is 0 Å². The molecular weight excluding hydrogens is 246 g/mol. The van der Waals surface area contributed by atoms with Crippen molar-refractivity contribution in [1.82, 2.24) is 15.1 Å². The summed E-state index contributed by atoms with van der Waals surface area (Å²) in [6.07, 6.45) is 2.85. The maximum atomic E-state index is 5.43. The van der Waals surface area contributed by atoms with Gasteiger partial charge >= 0.3 is 0 Å². The fourth-order valence-corrected chi connectivity index (χ4v) is 2.80. The van der Waals surface area contributed by atoms with Crippen molar-refractivity contribution in [2.24, 2.45) is 0 Å². The number of hydrogen-bond donors (Lipinski definition) is 1. The van der Waals surface area contributed by atoms with Gasteiger partial charge in [-0.05, 0) is 35.9 Å². The molecule has 2 rings (SSSR count). The van der Waals surface area contributed by atoms with Gasteiger partial charge in [-0.3, -0.25) is 4.68 Å². The van der Waals surface area contributed by atoms with Crippen molar-refractivity contribution < 1.29 is 4.74 Å². The van der Waals surface area contributed by atoms with Gasteiger partial charge in [0.05, 0.1) is 19.3 Å². The SMILES string of the molecule is CCCn1ncc(OC)c1C(NC)c1ccsc1. The van der Waals surface area contributed by atoms with E-state index in [4.69, 9.17) is 4.74 Å². The fourth-order valence-electron chi connectivity index (χ4n) is 2.12. The van der Waals surface area contributed by atoms with E-state index < -0.39 is 0 Å². The Morgan fingerprint density at radius 3 is 2.94 bits per heavy atom. The van der Waals surface area contributed by atoms with Gasteiger partial charge in [0.2, 0.25) is 0 Å². The molecule has 98 valence electrons. The van der Waals surface area contributed by atoms with Crippen LogP contribution in [0.3, 0.4) is 0 Å². The molecule has 0 fully saturated rings. The largest absolute Gasteiger partial charge is 0.493 e. The lowest BCUT2D eigenvalue weighted by Gasteiger charge is -2.18. The normalized spacial score (nSPS) is 12.6. The number of hydrogen-bond acceptors (Lipinski definition) is 4. The third-order valence-corrected chi connectivity index (χ3v) is 3.64. The first-order chi connectivity index (χ1) is 8.81. The second kappa shape index (κ2) is 6.02. The average Bonchev–Trinajstić information content (AvgIpc) is 3.02. The summed E-state index contributed by atoms with van der Waals surface area (Å²) in [4.78, 5) is 0. The summed E-state index contributed by atoms with van der Waals surface area (Å²) in [6, 6.07) is 2.26. The van der Waals surface area contributed by atoms with Crippen LogP contribution in [0.2, 0.25) is 0 Å². The van der Waals surface area contributed by atoms with Crippen LogP contribution < -0.4 is 10.1 Å². The first-order valence-corrected chi connectivity index (χ1v) is 7.05. The van der Waals surface area contributed by atoms with Gasteiger partial charge in [-0.1, -0.05) is 6.92 Å². The molecule has 0 amide bonds. The molecule has 0 radical (unpaired) electrons. The lowest BCUT2D eigenvalue weighted by atomic mass is 10.1.